The molecule has 0 aromatic heterocycles. The second kappa shape index (κ2) is 5.76. The summed E-state index contributed by atoms with van der Waals surface area (Å²) in [5.74, 6) is -0.216. The molecular weight excluding hydrogens is 210 g/mol. The number of amides is 1. The van der Waals surface area contributed by atoms with Gasteiger partial charge in [0.2, 0.25) is 5.91 Å². The molecule has 82 valence electrons. The summed E-state index contributed by atoms with van der Waals surface area (Å²) < 4.78 is 0. The van der Waals surface area contributed by atoms with Gasteiger partial charge in [0.25, 0.3) is 0 Å². The Morgan fingerprint density at radius 3 is 2.47 bits per heavy atom. The summed E-state index contributed by atoms with van der Waals surface area (Å²) in [6.07, 6.45) is 2.50. The first kappa shape index (κ1) is 12.1. The van der Waals surface area contributed by atoms with Gasteiger partial charge in [-0.25, -0.2) is 0 Å². The zero-order valence-corrected chi connectivity index (χ0v) is 9.63. The van der Waals surface area contributed by atoms with Crippen molar-refractivity contribution in [2.75, 3.05) is 0 Å². The molecule has 0 aliphatic carbocycles. The van der Waals surface area contributed by atoms with Gasteiger partial charge >= 0.3 is 0 Å². The first-order valence-electron chi connectivity index (χ1n) is 5.17. The molecule has 1 aromatic carbocycles. The average molecular weight is 226 g/mol. The van der Waals surface area contributed by atoms with Crippen LogP contribution in [-0.4, -0.2) is 5.91 Å². The Kier molecular flexibility index (Phi) is 4.63. The summed E-state index contributed by atoms with van der Waals surface area (Å²) >= 11 is 5.78. The molecule has 0 saturated carbocycles. The van der Waals surface area contributed by atoms with E-state index in [4.69, 9.17) is 17.3 Å². The third-order valence-electron chi connectivity index (χ3n) is 2.59. The van der Waals surface area contributed by atoms with Crippen LogP contribution in [0.2, 0.25) is 5.02 Å². The van der Waals surface area contributed by atoms with E-state index in [0.29, 0.717) is 0 Å². The lowest BCUT2D eigenvalue weighted by Crippen LogP contribution is -2.23. The van der Waals surface area contributed by atoms with Crippen molar-refractivity contribution in [2.24, 2.45) is 11.7 Å². The molecule has 0 radical (unpaired) electrons. The number of benzene rings is 1. The van der Waals surface area contributed by atoms with Gasteiger partial charge in [-0.2, -0.15) is 0 Å². The molecule has 1 amide bonds. The number of hydrogen-bond donors (Lipinski definition) is 1. The average Bonchev–Trinajstić information content (AvgIpc) is 2.21. The van der Waals surface area contributed by atoms with Gasteiger partial charge in [-0.05, 0) is 37.0 Å². The third-order valence-corrected chi connectivity index (χ3v) is 2.84. The molecule has 3 heteroatoms. The number of primary amides is 1. The van der Waals surface area contributed by atoms with E-state index in [1.165, 1.54) is 5.56 Å². The summed E-state index contributed by atoms with van der Waals surface area (Å²) in [6, 6.07) is 7.69. The third kappa shape index (κ3) is 3.92. The van der Waals surface area contributed by atoms with Crippen molar-refractivity contribution in [1.29, 1.82) is 0 Å². The second-order valence-corrected chi connectivity index (χ2v) is 4.11. The largest absolute Gasteiger partial charge is 0.369 e. The molecule has 2 N–H and O–H groups in total. The van der Waals surface area contributed by atoms with Gasteiger partial charge in [0.05, 0.1) is 0 Å². The predicted molar refractivity (Wildman–Crippen MR) is 62.7 cm³/mol. The smallest absolute Gasteiger partial charge is 0.220 e. The molecule has 0 aliphatic heterocycles. The van der Waals surface area contributed by atoms with E-state index in [0.717, 1.165) is 24.3 Å². The molecule has 0 fully saturated rings. The highest BCUT2D eigenvalue weighted by Crippen LogP contribution is 2.15. The number of halogens is 1. The van der Waals surface area contributed by atoms with Crippen LogP contribution in [-0.2, 0) is 11.2 Å². The topological polar surface area (TPSA) is 43.1 Å². The molecule has 1 atom stereocenters. The maximum atomic E-state index is 11.0. The van der Waals surface area contributed by atoms with Gasteiger partial charge in [-0.1, -0.05) is 30.7 Å². The molecule has 0 spiro atoms. The van der Waals surface area contributed by atoms with Crippen LogP contribution in [0.3, 0.4) is 0 Å². The van der Waals surface area contributed by atoms with Crippen molar-refractivity contribution < 1.29 is 4.79 Å². The Hall–Kier alpha value is -1.02. The number of aryl methyl sites for hydroxylation is 1. The highest BCUT2D eigenvalue weighted by molar-refractivity contribution is 6.30. The molecule has 0 bridgehead atoms. The Bertz CT molecular complexity index is 321. The van der Waals surface area contributed by atoms with Gasteiger partial charge in [0.15, 0.2) is 0 Å². The minimum atomic E-state index is -0.202. The lowest BCUT2D eigenvalue weighted by molar-refractivity contribution is -0.122. The highest BCUT2D eigenvalue weighted by Gasteiger charge is 2.12. The van der Waals surface area contributed by atoms with Gasteiger partial charge in [-0.3, -0.25) is 4.79 Å². The van der Waals surface area contributed by atoms with Gasteiger partial charge < -0.3 is 5.73 Å². The quantitative estimate of drug-likeness (QED) is 0.823. The highest BCUT2D eigenvalue weighted by atomic mass is 35.5. The summed E-state index contributed by atoms with van der Waals surface area (Å²) in [5.41, 5.74) is 6.47. The fraction of sp³-hybridized carbons (Fsp3) is 0.417. The monoisotopic (exact) mass is 225 g/mol. The van der Waals surface area contributed by atoms with Crippen LogP contribution in [0, 0.1) is 5.92 Å². The zero-order chi connectivity index (χ0) is 11.3. The molecule has 1 unspecified atom stereocenters. The van der Waals surface area contributed by atoms with Crippen molar-refractivity contribution in [1.82, 2.24) is 0 Å². The second-order valence-electron chi connectivity index (χ2n) is 3.67. The molecule has 1 aromatic rings. The Labute approximate surface area is 95.4 Å². The van der Waals surface area contributed by atoms with Gasteiger partial charge in [0, 0.05) is 10.9 Å². The number of carbonyl (C=O) groups is 1. The van der Waals surface area contributed by atoms with E-state index in [1.807, 2.05) is 31.2 Å². The number of hydrogen-bond acceptors (Lipinski definition) is 1. The predicted octanol–water partition coefficient (Wildman–Crippen LogP) is 2.78. The van der Waals surface area contributed by atoms with Crippen LogP contribution in [0.1, 0.15) is 25.3 Å². The Balaban J connectivity index is 2.49. The van der Waals surface area contributed by atoms with E-state index in [-0.39, 0.29) is 11.8 Å². The maximum Gasteiger partial charge on any atom is 0.220 e. The SMILES string of the molecule is CCC(CCc1ccc(Cl)cc1)C(N)=O. The summed E-state index contributed by atoms with van der Waals surface area (Å²) in [5, 5.41) is 0.737. The molecular formula is C12H16ClNO. The lowest BCUT2D eigenvalue weighted by atomic mass is 9.97. The normalized spacial score (nSPS) is 12.4. The maximum absolute atomic E-state index is 11.0. The Morgan fingerprint density at radius 1 is 1.40 bits per heavy atom. The van der Waals surface area contributed by atoms with Crippen molar-refractivity contribution in [3.05, 3.63) is 34.9 Å². The van der Waals surface area contributed by atoms with Crippen molar-refractivity contribution in [2.45, 2.75) is 26.2 Å². The van der Waals surface area contributed by atoms with E-state index in [9.17, 15) is 4.79 Å². The zero-order valence-electron chi connectivity index (χ0n) is 8.87. The van der Waals surface area contributed by atoms with Gasteiger partial charge in [-0.15, -0.1) is 0 Å². The molecule has 0 saturated heterocycles. The van der Waals surface area contributed by atoms with Crippen LogP contribution < -0.4 is 5.73 Å². The molecule has 15 heavy (non-hydrogen) atoms. The molecule has 2 nitrogen and oxygen atoms in total. The Morgan fingerprint density at radius 2 is 2.00 bits per heavy atom. The first-order valence-corrected chi connectivity index (χ1v) is 5.55. The number of nitrogens with two attached hydrogens (primary N) is 1. The van der Waals surface area contributed by atoms with Crippen molar-refractivity contribution >= 4 is 17.5 Å². The molecule has 1 rings (SSSR count). The van der Waals surface area contributed by atoms with Crippen LogP contribution in [0.15, 0.2) is 24.3 Å². The van der Waals surface area contributed by atoms with E-state index in [1.54, 1.807) is 0 Å². The van der Waals surface area contributed by atoms with E-state index < -0.39 is 0 Å². The van der Waals surface area contributed by atoms with Gasteiger partial charge in [0.1, 0.15) is 0 Å². The standard InChI is InChI=1S/C12H16ClNO/c1-2-10(12(14)15)6-3-9-4-7-11(13)8-5-9/h4-5,7-8,10H,2-3,6H2,1H3,(H2,14,15). The minimum Gasteiger partial charge on any atom is -0.369 e. The first-order chi connectivity index (χ1) is 7.13. The van der Waals surface area contributed by atoms with Crippen molar-refractivity contribution in [3.8, 4) is 0 Å². The van der Waals surface area contributed by atoms with Crippen LogP contribution in [0.4, 0.5) is 0 Å². The summed E-state index contributed by atoms with van der Waals surface area (Å²) in [6.45, 7) is 1.98. The fourth-order valence-corrected chi connectivity index (χ4v) is 1.67. The molecule has 0 aliphatic rings. The van der Waals surface area contributed by atoms with Crippen LogP contribution >= 0.6 is 11.6 Å². The molecule has 0 heterocycles. The summed E-state index contributed by atoms with van der Waals surface area (Å²) in [4.78, 5) is 11.0. The summed E-state index contributed by atoms with van der Waals surface area (Å²) in [7, 11) is 0. The lowest BCUT2D eigenvalue weighted by Gasteiger charge is -2.10. The van der Waals surface area contributed by atoms with Crippen LogP contribution in [0.25, 0.3) is 0 Å². The van der Waals surface area contributed by atoms with Crippen molar-refractivity contribution in [3.63, 3.8) is 0 Å². The van der Waals surface area contributed by atoms with E-state index >= 15 is 0 Å². The fourth-order valence-electron chi connectivity index (χ4n) is 1.54. The number of carbonyl (C=O) groups excluding carboxylic acids is 1. The minimum absolute atomic E-state index is 0.0133. The van der Waals surface area contributed by atoms with Crippen LogP contribution in [0.5, 0.6) is 0 Å². The van der Waals surface area contributed by atoms with E-state index in [2.05, 4.69) is 0 Å². The number of rotatable bonds is 5.